The van der Waals surface area contributed by atoms with Crippen molar-refractivity contribution in [1.82, 2.24) is 0 Å². The van der Waals surface area contributed by atoms with Crippen molar-refractivity contribution in [2.24, 2.45) is 0 Å². The first-order valence-electron chi connectivity index (χ1n) is 9.57. The maximum atomic E-state index is 2.63. The van der Waals surface area contributed by atoms with Crippen molar-refractivity contribution < 1.29 is 45.4 Å². The number of rotatable bonds is 3. The topological polar surface area (TPSA) is 0 Å². The molecule has 0 saturated carbocycles. The SMILES string of the molecule is C[SiH](C)[Hf+2]([CH]1C=Cc2ccccc21)[CH]1c2ccccc2-c2ccccc21.[Cl-].[Cl-]. The molecule has 2 aliphatic carbocycles. The Balaban J connectivity index is 0.00000112. The minimum Gasteiger partial charge on any atom is -1.00 e. The largest absolute Gasteiger partial charge is 1.00 e. The van der Waals surface area contributed by atoms with Crippen LogP contribution in [0.2, 0.25) is 13.1 Å². The van der Waals surface area contributed by atoms with Crippen LogP contribution in [0, 0.1) is 0 Å². The third-order valence-electron chi connectivity index (χ3n) is 5.99. The molecule has 0 heterocycles. The third-order valence-corrected chi connectivity index (χ3v) is 36.4. The van der Waals surface area contributed by atoms with Crippen molar-refractivity contribution in [2.45, 2.75) is 20.4 Å². The van der Waals surface area contributed by atoms with Gasteiger partial charge in [0, 0.05) is 0 Å². The van der Waals surface area contributed by atoms with Gasteiger partial charge in [0.2, 0.25) is 0 Å². The van der Waals surface area contributed by atoms with Crippen molar-refractivity contribution in [2.75, 3.05) is 0 Å². The van der Waals surface area contributed by atoms with E-state index in [1.165, 1.54) is 16.7 Å². The van der Waals surface area contributed by atoms with Crippen LogP contribution in [0.25, 0.3) is 17.2 Å². The maximum absolute atomic E-state index is 2.63. The van der Waals surface area contributed by atoms with E-state index in [1.54, 1.807) is 16.7 Å². The smallest absolute Gasteiger partial charge is 1.00 e. The third kappa shape index (κ3) is 3.43. The summed E-state index contributed by atoms with van der Waals surface area (Å²) in [4.78, 5) is 0. The normalized spacial score (nSPS) is 16.0. The Morgan fingerprint density at radius 2 is 1.18 bits per heavy atom. The number of hydrogen-bond acceptors (Lipinski definition) is 0. The van der Waals surface area contributed by atoms with Crippen molar-refractivity contribution >= 4 is 12.1 Å². The van der Waals surface area contributed by atoms with Gasteiger partial charge in [-0.1, -0.05) is 0 Å². The minimum absolute atomic E-state index is 0. The molecule has 141 valence electrons. The zero-order valence-corrected chi connectivity index (χ0v) is 22.3. The molecule has 0 amide bonds. The molecule has 1 atom stereocenters. The van der Waals surface area contributed by atoms with E-state index in [4.69, 9.17) is 0 Å². The van der Waals surface area contributed by atoms with E-state index in [0.29, 0.717) is 0 Å². The van der Waals surface area contributed by atoms with Gasteiger partial charge in [0.15, 0.2) is 0 Å². The standard InChI is InChI=1S/C13H9.C9H7.C2H7Si.2ClH.Hf/c1-3-7-12-10(5-1)9-11-6-2-4-8-13(11)12;1-2-5-9-7-3-6-8(9)4-1;1-3-2;;;/h1-9H;1-7H;3H,1-2H3;2*1H;/q;;;;;+2/p-2. The molecule has 28 heavy (non-hydrogen) atoms. The van der Waals surface area contributed by atoms with Gasteiger partial charge >= 0.3 is 165 Å². The average molecular weight is 589 g/mol. The fourth-order valence-corrected chi connectivity index (χ4v) is 35.6. The maximum Gasteiger partial charge on any atom is -1.00 e. The van der Waals surface area contributed by atoms with Crippen LogP contribution in [0.4, 0.5) is 0 Å². The summed E-state index contributed by atoms with van der Waals surface area (Å²) in [6, 6.07) is 27.6. The van der Waals surface area contributed by atoms with Crippen molar-refractivity contribution in [3.05, 3.63) is 101 Å². The van der Waals surface area contributed by atoms with E-state index >= 15 is 0 Å². The molecule has 0 aliphatic heterocycles. The number of allylic oxidation sites excluding steroid dienone is 1. The number of fused-ring (bicyclic) bond motifs is 4. The summed E-state index contributed by atoms with van der Waals surface area (Å²) in [5, 5.41) is 0. The predicted octanol–water partition coefficient (Wildman–Crippen LogP) is 0.134. The first kappa shape index (κ1) is 21.8. The zero-order chi connectivity index (χ0) is 17.7. The van der Waals surface area contributed by atoms with Gasteiger partial charge in [-0.3, -0.25) is 0 Å². The Hall–Kier alpha value is -0.933. The van der Waals surface area contributed by atoms with Gasteiger partial charge in [-0.2, -0.15) is 0 Å². The quantitative estimate of drug-likeness (QED) is 0.382. The van der Waals surface area contributed by atoms with Gasteiger partial charge in [0.1, 0.15) is 0 Å². The molecule has 4 heteroatoms. The molecule has 0 N–H and O–H groups in total. The minimum atomic E-state index is -2.01. The second-order valence-electron chi connectivity index (χ2n) is 7.73. The summed E-state index contributed by atoms with van der Waals surface area (Å²) in [6.07, 6.45) is 4.97. The molecule has 0 spiro atoms. The number of benzene rings is 3. The molecular formula is C24H23Cl2HfSi. The molecule has 0 aromatic heterocycles. The van der Waals surface area contributed by atoms with E-state index in [0.717, 1.165) is 7.35 Å². The van der Waals surface area contributed by atoms with Crippen LogP contribution in [0.1, 0.15) is 29.6 Å². The average Bonchev–Trinajstić information content (AvgIpc) is 3.23. The monoisotopic (exact) mass is 589 g/mol. The summed E-state index contributed by atoms with van der Waals surface area (Å²) >= 11 is -2.01. The second-order valence-corrected chi connectivity index (χ2v) is 35.8. The molecular weight excluding hydrogens is 566 g/mol. The molecule has 3 aromatic carbocycles. The summed E-state index contributed by atoms with van der Waals surface area (Å²) in [5.41, 5.74) is 9.36. The van der Waals surface area contributed by atoms with Crippen LogP contribution < -0.4 is 24.8 Å². The van der Waals surface area contributed by atoms with Gasteiger partial charge < -0.3 is 24.8 Å². The van der Waals surface area contributed by atoms with Crippen LogP contribution in [0.5, 0.6) is 0 Å². The Labute approximate surface area is 189 Å². The van der Waals surface area contributed by atoms with Gasteiger partial charge in [-0.25, -0.2) is 0 Å². The van der Waals surface area contributed by atoms with Crippen LogP contribution >= 0.6 is 0 Å². The van der Waals surface area contributed by atoms with Crippen LogP contribution in [0.15, 0.2) is 78.9 Å². The summed E-state index contributed by atoms with van der Waals surface area (Å²) < 4.78 is 1.49. The van der Waals surface area contributed by atoms with Gasteiger partial charge in [0.05, 0.1) is 0 Å². The van der Waals surface area contributed by atoms with Crippen molar-refractivity contribution in [3.8, 4) is 11.1 Å². The Morgan fingerprint density at radius 3 is 1.75 bits per heavy atom. The van der Waals surface area contributed by atoms with Crippen molar-refractivity contribution in [3.63, 3.8) is 0 Å². The van der Waals surface area contributed by atoms with E-state index in [2.05, 4.69) is 98.0 Å². The Bertz CT molecular complexity index is 969. The summed E-state index contributed by atoms with van der Waals surface area (Å²) in [5.74, 6) is -0.707. The fourth-order valence-electron chi connectivity index (χ4n) is 4.93. The summed E-state index contributed by atoms with van der Waals surface area (Å²) in [6.45, 7) is 5.25. The second kappa shape index (κ2) is 8.83. The molecule has 5 rings (SSSR count). The molecule has 1 unspecified atom stereocenters. The molecule has 2 aliphatic rings. The van der Waals surface area contributed by atoms with Crippen LogP contribution in [0.3, 0.4) is 0 Å². The van der Waals surface area contributed by atoms with Crippen LogP contribution in [-0.2, 0) is 20.6 Å². The first-order chi connectivity index (χ1) is 12.8. The number of halogens is 2. The molecule has 0 fully saturated rings. The van der Waals surface area contributed by atoms with Crippen molar-refractivity contribution in [1.29, 1.82) is 0 Å². The molecule has 0 nitrogen and oxygen atoms in total. The van der Waals surface area contributed by atoms with E-state index in [1.807, 2.05) is 0 Å². The van der Waals surface area contributed by atoms with Crippen LogP contribution in [-0.4, -0.2) is 5.98 Å². The fraction of sp³-hybridized carbons (Fsp3) is 0.167. The molecule has 0 bridgehead atoms. The van der Waals surface area contributed by atoms with E-state index in [9.17, 15) is 0 Å². The van der Waals surface area contributed by atoms with E-state index in [-0.39, 0.29) is 24.8 Å². The van der Waals surface area contributed by atoms with Gasteiger partial charge in [0.25, 0.3) is 0 Å². The van der Waals surface area contributed by atoms with Gasteiger partial charge in [-0.15, -0.1) is 0 Å². The Kier molecular flexibility index (Phi) is 6.87. The summed E-state index contributed by atoms with van der Waals surface area (Å²) in [7, 11) is 0. The van der Waals surface area contributed by atoms with Gasteiger partial charge in [-0.05, 0) is 0 Å². The zero-order valence-electron chi connectivity index (χ0n) is 16.1. The number of hydrogen-bond donors (Lipinski definition) is 0. The first-order valence-corrected chi connectivity index (χ1v) is 22.8. The molecule has 0 saturated heterocycles. The van der Waals surface area contributed by atoms with E-state index < -0.39 is 26.6 Å². The molecule has 3 aromatic rings. The Morgan fingerprint density at radius 1 is 0.679 bits per heavy atom. The molecule has 0 radical (unpaired) electrons. The predicted molar refractivity (Wildman–Crippen MR) is 111 cm³/mol.